The first-order valence-electron chi connectivity index (χ1n) is 5.34. The highest BCUT2D eigenvalue weighted by molar-refractivity contribution is 7.80. The van der Waals surface area contributed by atoms with Gasteiger partial charge < -0.3 is 15.0 Å². The van der Waals surface area contributed by atoms with E-state index in [-0.39, 0.29) is 6.03 Å². The Labute approximate surface area is 95.0 Å². The molecule has 15 heavy (non-hydrogen) atoms. The number of rotatable bonds is 3. The van der Waals surface area contributed by atoms with Crippen molar-refractivity contribution in [3.8, 4) is 0 Å². The van der Waals surface area contributed by atoms with Gasteiger partial charge in [-0.3, -0.25) is 0 Å². The Morgan fingerprint density at radius 2 is 2.40 bits per heavy atom. The van der Waals surface area contributed by atoms with Crippen LogP contribution in [0.1, 0.15) is 19.3 Å². The largest absolute Gasteiger partial charge is 0.383 e. The average Bonchev–Trinajstić information content (AvgIpc) is 2.66. The molecule has 0 bridgehead atoms. The Kier molecular flexibility index (Phi) is 3.21. The molecule has 1 N–H and O–H groups in total. The second-order valence-corrected chi connectivity index (χ2v) is 4.53. The second kappa shape index (κ2) is 4.45. The van der Waals surface area contributed by atoms with Gasteiger partial charge in [0.05, 0.1) is 11.6 Å². The maximum Gasteiger partial charge on any atom is 0.322 e. The minimum atomic E-state index is -0.0554. The molecule has 5 heteroatoms. The summed E-state index contributed by atoms with van der Waals surface area (Å²) in [5, 5.41) is 2.77. The molecule has 0 aromatic heterocycles. The molecular weight excluding hydrogens is 212 g/mol. The van der Waals surface area contributed by atoms with Gasteiger partial charge in [0.1, 0.15) is 0 Å². The third-order valence-corrected chi connectivity index (χ3v) is 3.65. The number of fused-ring (bicyclic) bond motifs is 1. The standard InChI is InChI=1S/C10H16N2O2S/c1-14-6-5-12-8-4-2-3-7(8)9(15)11-10(12)13/h7-8H,2-6H2,1H3,(H,11,13,15). The molecule has 2 aliphatic rings. The number of amides is 2. The topological polar surface area (TPSA) is 41.6 Å². The molecule has 84 valence electrons. The summed E-state index contributed by atoms with van der Waals surface area (Å²) in [4.78, 5) is 14.3. The van der Waals surface area contributed by atoms with E-state index >= 15 is 0 Å². The number of carbonyl (C=O) groups is 1. The second-order valence-electron chi connectivity index (χ2n) is 4.09. The van der Waals surface area contributed by atoms with Crippen molar-refractivity contribution in [1.82, 2.24) is 10.2 Å². The number of hydrogen-bond donors (Lipinski definition) is 1. The van der Waals surface area contributed by atoms with E-state index in [4.69, 9.17) is 17.0 Å². The van der Waals surface area contributed by atoms with Crippen molar-refractivity contribution >= 4 is 23.2 Å². The summed E-state index contributed by atoms with van der Waals surface area (Å²) >= 11 is 5.20. The number of nitrogens with zero attached hydrogens (tertiary/aromatic N) is 1. The van der Waals surface area contributed by atoms with E-state index in [1.54, 1.807) is 7.11 Å². The quantitative estimate of drug-likeness (QED) is 0.737. The lowest BCUT2D eigenvalue weighted by Gasteiger charge is -2.38. The Morgan fingerprint density at radius 3 is 3.13 bits per heavy atom. The summed E-state index contributed by atoms with van der Waals surface area (Å²) < 4.78 is 5.01. The number of nitrogens with one attached hydrogen (secondary N) is 1. The van der Waals surface area contributed by atoms with Crippen LogP contribution in [-0.4, -0.2) is 42.2 Å². The van der Waals surface area contributed by atoms with E-state index in [9.17, 15) is 4.79 Å². The summed E-state index contributed by atoms with van der Waals surface area (Å²) in [6.45, 7) is 1.25. The lowest BCUT2D eigenvalue weighted by Crippen LogP contribution is -2.58. The zero-order valence-electron chi connectivity index (χ0n) is 8.86. The molecule has 2 atom stereocenters. The van der Waals surface area contributed by atoms with Gasteiger partial charge in [0.25, 0.3) is 0 Å². The molecule has 2 amide bonds. The van der Waals surface area contributed by atoms with Gasteiger partial charge in [-0.1, -0.05) is 18.6 Å². The lowest BCUT2D eigenvalue weighted by atomic mass is 10.00. The molecule has 0 aromatic carbocycles. The maximum atomic E-state index is 11.7. The number of carbonyl (C=O) groups excluding carboxylic acids is 1. The Hall–Kier alpha value is -0.680. The molecule has 4 nitrogen and oxygen atoms in total. The smallest absolute Gasteiger partial charge is 0.322 e. The van der Waals surface area contributed by atoms with Crippen LogP contribution in [0, 0.1) is 5.92 Å². The van der Waals surface area contributed by atoms with Crippen molar-refractivity contribution in [2.75, 3.05) is 20.3 Å². The highest BCUT2D eigenvalue weighted by atomic mass is 32.1. The van der Waals surface area contributed by atoms with Crippen LogP contribution in [0.3, 0.4) is 0 Å². The first-order chi connectivity index (χ1) is 7.24. The maximum absolute atomic E-state index is 11.7. The van der Waals surface area contributed by atoms with Crippen molar-refractivity contribution < 1.29 is 9.53 Å². The molecule has 1 aliphatic heterocycles. The SMILES string of the molecule is COCCN1C(=O)NC(=S)C2CCCC21. The minimum absolute atomic E-state index is 0.0554. The molecule has 1 saturated carbocycles. The van der Waals surface area contributed by atoms with Gasteiger partial charge in [0.15, 0.2) is 0 Å². The van der Waals surface area contributed by atoms with Gasteiger partial charge in [-0.15, -0.1) is 0 Å². The third kappa shape index (κ3) is 1.99. The van der Waals surface area contributed by atoms with Crippen LogP contribution in [-0.2, 0) is 4.74 Å². The van der Waals surface area contributed by atoms with Crippen LogP contribution >= 0.6 is 12.2 Å². The molecule has 0 spiro atoms. The van der Waals surface area contributed by atoms with E-state index in [0.717, 1.165) is 24.3 Å². The van der Waals surface area contributed by atoms with Crippen LogP contribution in [0.25, 0.3) is 0 Å². The van der Waals surface area contributed by atoms with Gasteiger partial charge in [0.2, 0.25) is 0 Å². The van der Waals surface area contributed by atoms with Gasteiger partial charge in [0, 0.05) is 25.6 Å². The molecule has 0 radical (unpaired) electrons. The van der Waals surface area contributed by atoms with Crippen molar-refractivity contribution in [3.05, 3.63) is 0 Å². The number of methoxy groups -OCH3 is 1. The normalized spacial score (nSPS) is 30.3. The fraction of sp³-hybridized carbons (Fsp3) is 0.800. The molecule has 2 fully saturated rings. The van der Waals surface area contributed by atoms with E-state index in [1.807, 2.05) is 4.90 Å². The van der Waals surface area contributed by atoms with Crippen molar-refractivity contribution in [2.45, 2.75) is 25.3 Å². The van der Waals surface area contributed by atoms with E-state index < -0.39 is 0 Å². The van der Waals surface area contributed by atoms with Crippen LogP contribution in [0.2, 0.25) is 0 Å². The van der Waals surface area contributed by atoms with Crippen LogP contribution < -0.4 is 5.32 Å². The minimum Gasteiger partial charge on any atom is -0.383 e. The number of thiocarbonyl (C=S) groups is 1. The highest BCUT2D eigenvalue weighted by Gasteiger charge is 2.41. The summed E-state index contributed by atoms with van der Waals surface area (Å²) in [5.41, 5.74) is 0. The fourth-order valence-corrected chi connectivity index (χ4v) is 2.86. The Morgan fingerprint density at radius 1 is 1.60 bits per heavy atom. The van der Waals surface area contributed by atoms with Crippen molar-refractivity contribution in [3.63, 3.8) is 0 Å². The zero-order chi connectivity index (χ0) is 10.8. The zero-order valence-corrected chi connectivity index (χ0v) is 9.68. The predicted octanol–water partition coefficient (Wildman–Crippen LogP) is 1.15. The molecule has 2 unspecified atom stereocenters. The van der Waals surface area contributed by atoms with Gasteiger partial charge in [-0.25, -0.2) is 4.79 Å². The Balaban J connectivity index is 2.07. The van der Waals surface area contributed by atoms with E-state index in [0.29, 0.717) is 25.1 Å². The fourth-order valence-electron chi connectivity index (χ4n) is 2.50. The summed E-state index contributed by atoms with van der Waals surface area (Å²) in [6, 6.07) is 0.251. The molecule has 2 rings (SSSR count). The first kappa shape index (κ1) is 10.8. The lowest BCUT2D eigenvalue weighted by molar-refractivity contribution is 0.121. The number of hydrogen-bond acceptors (Lipinski definition) is 3. The molecule has 1 aliphatic carbocycles. The monoisotopic (exact) mass is 228 g/mol. The molecule has 1 saturated heterocycles. The first-order valence-corrected chi connectivity index (χ1v) is 5.75. The average molecular weight is 228 g/mol. The summed E-state index contributed by atoms with van der Waals surface area (Å²) in [5.74, 6) is 0.370. The number of ether oxygens (including phenoxy) is 1. The van der Waals surface area contributed by atoms with Crippen LogP contribution in [0.4, 0.5) is 4.79 Å². The van der Waals surface area contributed by atoms with Gasteiger partial charge in [-0.05, 0) is 12.8 Å². The highest BCUT2D eigenvalue weighted by Crippen LogP contribution is 2.33. The molecule has 1 heterocycles. The van der Waals surface area contributed by atoms with E-state index in [2.05, 4.69) is 5.32 Å². The Bertz CT molecular complexity index is 283. The summed E-state index contributed by atoms with van der Waals surface area (Å²) in [7, 11) is 1.65. The van der Waals surface area contributed by atoms with Gasteiger partial charge >= 0.3 is 6.03 Å². The predicted molar refractivity (Wildman–Crippen MR) is 60.8 cm³/mol. The summed E-state index contributed by atoms with van der Waals surface area (Å²) in [6.07, 6.45) is 3.34. The third-order valence-electron chi connectivity index (χ3n) is 3.24. The van der Waals surface area contributed by atoms with Crippen LogP contribution in [0.15, 0.2) is 0 Å². The van der Waals surface area contributed by atoms with Crippen molar-refractivity contribution in [2.24, 2.45) is 5.92 Å². The van der Waals surface area contributed by atoms with Crippen molar-refractivity contribution in [1.29, 1.82) is 0 Å². The van der Waals surface area contributed by atoms with Gasteiger partial charge in [-0.2, -0.15) is 0 Å². The van der Waals surface area contributed by atoms with Crippen LogP contribution in [0.5, 0.6) is 0 Å². The number of urea groups is 1. The van der Waals surface area contributed by atoms with E-state index in [1.165, 1.54) is 0 Å². The molecular formula is C10H16N2O2S. The molecule has 0 aromatic rings.